The zero-order valence-corrected chi connectivity index (χ0v) is 11.4. The van der Waals surface area contributed by atoms with Crippen LogP contribution in [0.3, 0.4) is 0 Å². The maximum atomic E-state index is 5.45. The SMILES string of the molecule is CC#CCOc1cc(CC2(C)C=CC=CC2)ncn1. The minimum absolute atomic E-state index is 0.129. The van der Waals surface area contributed by atoms with Crippen LogP contribution in [0.25, 0.3) is 0 Å². The van der Waals surface area contributed by atoms with E-state index in [0.29, 0.717) is 12.5 Å². The van der Waals surface area contributed by atoms with Crippen molar-refractivity contribution in [2.45, 2.75) is 26.7 Å². The molecule has 1 aliphatic rings. The van der Waals surface area contributed by atoms with Gasteiger partial charge in [0.2, 0.25) is 5.88 Å². The van der Waals surface area contributed by atoms with Crippen molar-refractivity contribution in [3.8, 4) is 17.7 Å². The Kier molecular flexibility index (Phi) is 4.35. The van der Waals surface area contributed by atoms with E-state index in [1.165, 1.54) is 0 Å². The summed E-state index contributed by atoms with van der Waals surface area (Å²) in [4.78, 5) is 8.42. The van der Waals surface area contributed by atoms with Crippen LogP contribution in [0.4, 0.5) is 0 Å². The Labute approximate surface area is 114 Å². The lowest BCUT2D eigenvalue weighted by Crippen LogP contribution is -2.18. The van der Waals surface area contributed by atoms with Gasteiger partial charge in [0.05, 0.1) is 0 Å². The van der Waals surface area contributed by atoms with Crippen LogP contribution in [0.1, 0.15) is 26.0 Å². The lowest BCUT2D eigenvalue weighted by atomic mass is 9.80. The fraction of sp³-hybridized carbons (Fsp3) is 0.375. The number of hydrogen-bond acceptors (Lipinski definition) is 3. The fourth-order valence-corrected chi connectivity index (χ4v) is 2.05. The molecule has 0 radical (unpaired) electrons. The molecule has 1 heterocycles. The molecule has 0 bridgehead atoms. The van der Waals surface area contributed by atoms with Crippen molar-refractivity contribution in [3.05, 3.63) is 42.4 Å². The van der Waals surface area contributed by atoms with Gasteiger partial charge >= 0.3 is 0 Å². The monoisotopic (exact) mass is 254 g/mol. The Bertz CT molecular complexity index is 551. The molecule has 3 nitrogen and oxygen atoms in total. The molecule has 2 rings (SSSR count). The predicted molar refractivity (Wildman–Crippen MR) is 75.7 cm³/mol. The molecule has 3 heteroatoms. The molecule has 0 N–H and O–H groups in total. The Morgan fingerprint density at radius 3 is 3.00 bits per heavy atom. The highest BCUT2D eigenvalue weighted by Gasteiger charge is 2.22. The molecular weight excluding hydrogens is 236 g/mol. The van der Waals surface area contributed by atoms with Crippen molar-refractivity contribution < 1.29 is 4.74 Å². The summed E-state index contributed by atoms with van der Waals surface area (Å²) in [6.07, 6.45) is 12.1. The van der Waals surface area contributed by atoms with Gasteiger partial charge in [-0.05, 0) is 25.2 Å². The normalized spacial score (nSPS) is 20.7. The average Bonchev–Trinajstić information content (AvgIpc) is 2.40. The van der Waals surface area contributed by atoms with Gasteiger partial charge in [-0.1, -0.05) is 37.1 Å². The second kappa shape index (κ2) is 6.19. The maximum absolute atomic E-state index is 5.45. The van der Waals surface area contributed by atoms with Gasteiger partial charge in [0, 0.05) is 11.8 Å². The van der Waals surface area contributed by atoms with Crippen LogP contribution >= 0.6 is 0 Å². The summed E-state index contributed by atoms with van der Waals surface area (Å²) in [6, 6.07) is 1.90. The summed E-state index contributed by atoms with van der Waals surface area (Å²) in [6.45, 7) is 4.39. The van der Waals surface area contributed by atoms with Crippen LogP contribution in [-0.2, 0) is 6.42 Å². The first-order chi connectivity index (χ1) is 9.22. The first-order valence-corrected chi connectivity index (χ1v) is 6.39. The van der Waals surface area contributed by atoms with Crippen molar-refractivity contribution in [2.75, 3.05) is 6.61 Å². The van der Waals surface area contributed by atoms with E-state index in [0.717, 1.165) is 18.5 Å². The lowest BCUT2D eigenvalue weighted by Gasteiger charge is -2.25. The van der Waals surface area contributed by atoms with Gasteiger partial charge in [-0.25, -0.2) is 9.97 Å². The van der Waals surface area contributed by atoms with E-state index in [1.54, 1.807) is 13.3 Å². The standard InChI is InChI=1S/C16H18N2O/c1-3-4-10-19-15-11-14(17-13-18-15)12-16(2)8-6-5-7-9-16/h5-8,11,13H,9-10,12H2,1-2H3. The second-order valence-corrected chi connectivity index (χ2v) is 4.89. The van der Waals surface area contributed by atoms with E-state index in [9.17, 15) is 0 Å². The third kappa shape index (κ3) is 3.96. The molecule has 0 fully saturated rings. The first kappa shape index (κ1) is 13.4. The van der Waals surface area contributed by atoms with E-state index >= 15 is 0 Å². The Morgan fingerprint density at radius 1 is 1.37 bits per heavy atom. The van der Waals surface area contributed by atoms with Crippen molar-refractivity contribution in [2.24, 2.45) is 5.41 Å². The van der Waals surface area contributed by atoms with E-state index in [1.807, 2.05) is 6.07 Å². The topological polar surface area (TPSA) is 35.0 Å². The van der Waals surface area contributed by atoms with Crippen molar-refractivity contribution in [1.82, 2.24) is 9.97 Å². The van der Waals surface area contributed by atoms with E-state index in [-0.39, 0.29) is 5.41 Å². The molecule has 0 amide bonds. The lowest BCUT2D eigenvalue weighted by molar-refractivity contribution is 0.352. The number of allylic oxidation sites excluding steroid dienone is 4. The quantitative estimate of drug-likeness (QED) is 0.775. The highest BCUT2D eigenvalue weighted by Crippen LogP contribution is 2.31. The van der Waals surface area contributed by atoms with Crippen LogP contribution in [-0.4, -0.2) is 16.6 Å². The molecule has 0 aromatic carbocycles. The largest absolute Gasteiger partial charge is 0.464 e. The number of aromatic nitrogens is 2. The van der Waals surface area contributed by atoms with Gasteiger partial charge in [-0.15, -0.1) is 5.92 Å². The summed E-state index contributed by atoms with van der Waals surface area (Å²) < 4.78 is 5.45. The molecule has 19 heavy (non-hydrogen) atoms. The molecule has 98 valence electrons. The Hall–Kier alpha value is -2.08. The highest BCUT2D eigenvalue weighted by molar-refractivity contribution is 5.21. The fourth-order valence-electron chi connectivity index (χ4n) is 2.05. The van der Waals surface area contributed by atoms with Crippen LogP contribution in [0.2, 0.25) is 0 Å². The Balaban J connectivity index is 2.03. The predicted octanol–water partition coefficient (Wildman–Crippen LogP) is 2.94. The van der Waals surface area contributed by atoms with Gasteiger partial charge in [0.15, 0.2) is 6.61 Å². The van der Waals surface area contributed by atoms with Gasteiger partial charge < -0.3 is 4.74 Å². The third-order valence-electron chi connectivity index (χ3n) is 3.08. The molecule has 0 spiro atoms. The smallest absolute Gasteiger partial charge is 0.217 e. The molecule has 1 aromatic rings. The number of nitrogens with zero attached hydrogens (tertiary/aromatic N) is 2. The molecule has 1 unspecified atom stereocenters. The van der Waals surface area contributed by atoms with Crippen LogP contribution in [0, 0.1) is 17.3 Å². The second-order valence-electron chi connectivity index (χ2n) is 4.89. The van der Waals surface area contributed by atoms with Crippen LogP contribution in [0.15, 0.2) is 36.7 Å². The van der Waals surface area contributed by atoms with Gasteiger partial charge in [-0.3, -0.25) is 0 Å². The van der Waals surface area contributed by atoms with Crippen molar-refractivity contribution in [1.29, 1.82) is 0 Å². The third-order valence-corrected chi connectivity index (χ3v) is 3.08. The molecule has 1 aliphatic carbocycles. The number of hydrogen-bond donors (Lipinski definition) is 0. The minimum atomic E-state index is 0.129. The van der Waals surface area contributed by atoms with E-state index < -0.39 is 0 Å². The zero-order valence-electron chi connectivity index (χ0n) is 11.4. The zero-order chi connectivity index (χ0) is 13.6. The summed E-state index contributed by atoms with van der Waals surface area (Å²) in [5.74, 6) is 6.23. The highest BCUT2D eigenvalue weighted by atomic mass is 16.5. The first-order valence-electron chi connectivity index (χ1n) is 6.39. The molecule has 0 aliphatic heterocycles. The summed E-state index contributed by atoms with van der Waals surface area (Å²) >= 11 is 0. The Morgan fingerprint density at radius 2 is 2.26 bits per heavy atom. The van der Waals surface area contributed by atoms with Crippen LogP contribution in [0.5, 0.6) is 5.88 Å². The molecule has 0 saturated carbocycles. The summed E-state index contributed by atoms with van der Waals surface area (Å²) in [7, 11) is 0. The van der Waals surface area contributed by atoms with Gasteiger partial charge in [-0.2, -0.15) is 0 Å². The molecule has 1 atom stereocenters. The average molecular weight is 254 g/mol. The van der Waals surface area contributed by atoms with E-state index in [2.05, 4.69) is 53.0 Å². The molecule has 0 saturated heterocycles. The maximum Gasteiger partial charge on any atom is 0.217 e. The van der Waals surface area contributed by atoms with E-state index in [4.69, 9.17) is 4.74 Å². The number of rotatable bonds is 4. The minimum Gasteiger partial charge on any atom is -0.464 e. The molecular formula is C16H18N2O. The summed E-state index contributed by atoms with van der Waals surface area (Å²) in [5, 5.41) is 0. The summed E-state index contributed by atoms with van der Waals surface area (Å²) in [5.41, 5.74) is 1.13. The van der Waals surface area contributed by atoms with Gasteiger partial charge in [0.1, 0.15) is 6.33 Å². The van der Waals surface area contributed by atoms with Gasteiger partial charge in [0.25, 0.3) is 0 Å². The number of ether oxygens (including phenoxy) is 1. The van der Waals surface area contributed by atoms with Crippen LogP contribution < -0.4 is 4.74 Å². The van der Waals surface area contributed by atoms with Crippen molar-refractivity contribution in [3.63, 3.8) is 0 Å². The molecule has 1 aromatic heterocycles. The van der Waals surface area contributed by atoms with Crippen molar-refractivity contribution >= 4 is 0 Å².